The van der Waals surface area contributed by atoms with E-state index in [1.165, 1.54) is 0 Å². The molecular weight excluding hydrogens is 385 g/mol. The molecule has 0 unspecified atom stereocenters. The van der Waals surface area contributed by atoms with Crippen molar-refractivity contribution in [3.63, 3.8) is 0 Å². The molecule has 0 saturated heterocycles. The van der Waals surface area contributed by atoms with Crippen LogP contribution in [0.15, 0.2) is 41.4 Å². The van der Waals surface area contributed by atoms with E-state index < -0.39 is 29.0 Å². The Morgan fingerprint density at radius 3 is 2.41 bits per heavy atom. The number of carbonyl (C=O) groups is 1. The van der Waals surface area contributed by atoms with Crippen molar-refractivity contribution in [2.75, 3.05) is 32.6 Å². The molecular formula is C20H23F3N4O2. The summed E-state index contributed by atoms with van der Waals surface area (Å²) in [6.07, 6.45) is 0. The highest BCUT2D eigenvalue weighted by Gasteiger charge is 2.15. The third kappa shape index (κ3) is 6.13. The molecule has 0 bridgehead atoms. The summed E-state index contributed by atoms with van der Waals surface area (Å²) < 4.78 is 45.0. The standard InChI is InChI=1S/C20H23F3N4O2/c1-4-24-20(27(2)12-13-5-7-14(29-3)8-6-13)25-11-17(28)26-16-10-9-15(21)18(22)19(16)23/h5-10H,4,11-12H2,1-3H3,(H,24,25)(H,26,28). The smallest absolute Gasteiger partial charge is 0.246 e. The fraction of sp³-hybridized carbons (Fsp3) is 0.300. The summed E-state index contributed by atoms with van der Waals surface area (Å²) in [6.45, 7) is 2.65. The van der Waals surface area contributed by atoms with Gasteiger partial charge in [-0.25, -0.2) is 18.2 Å². The summed E-state index contributed by atoms with van der Waals surface area (Å²) >= 11 is 0. The molecule has 0 heterocycles. The van der Waals surface area contributed by atoms with E-state index in [0.29, 0.717) is 19.0 Å². The highest BCUT2D eigenvalue weighted by molar-refractivity contribution is 5.94. The quantitative estimate of drug-likeness (QED) is 0.420. The summed E-state index contributed by atoms with van der Waals surface area (Å²) in [7, 11) is 3.40. The average Bonchev–Trinajstić information content (AvgIpc) is 2.72. The minimum Gasteiger partial charge on any atom is -0.497 e. The summed E-state index contributed by atoms with van der Waals surface area (Å²) in [6, 6.07) is 9.21. The van der Waals surface area contributed by atoms with E-state index in [4.69, 9.17) is 4.74 Å². The first-order valence-corrected chi connectivity index (χ1v) is 8.91. The number of nitrogens with one attached hydrogen (secondary N) is 2. The molecule has 0 saturated carbocycles. The van der Waals surface area contributed by atoms with Gasteiger partial charge in [-0.2, -0.15) is 0 Å². The fourth-order valence-corrected chi connectivity index (χ4v) is 2.51. The predicted molar refractivity (Wildman–Crippen MR) is 105 cm³/mol. The van der Waals surface area contributed by atoms with Crippen molar-refractivity contribution in [2.45, 2.75) is 13.5 Å². The lowest BCUT2D eigenvalue weighted by Crippen LogP contribution is -2.39. The Balaban J connectivity index is 2.03. The maximum Gasteiger partial charge on any atom is 0.246 e. The molecule has 0 spiro atoms. The summed E-state index contributed by atoms with van der Waals surface area (Å²) in [4.78, 5) is 18.1. The van der Waals surface area contributed by atoms with Crippen LogP contribution in [0.3, 0.4) is 0 Å². The minimum atomic E-state index is -1.64. The zero-order valence-electron chi connectivity index (χ0n) is 16.4. The van der Waals surface area contributed by atoms with Gasteiger partial charge in [0.1, 0.15) is 12.3 Å². The van der Waals surface area contributed by atoms with Crippen LogP contribution < -0.4 is 15.4 Å². The Kier molecular flexibility index (Phi) is 7.88. The zero-order chi connectivity index (χ0) is 21.4. The molecule has 2 aromatic carbocycles. The highest BCUT2D eigenvalue weighted by atomic mass is 19.2. The molecule has 0 aliphatic carbocycles. The highest BCUT2D eigenvalue weighted by Crippen LogP contribution is 2.19. The fourth-order valence-electron chi connectivity index (χ4n) is 2.51. The van der Waals surface area contributed by atoms with Gasteiger partial charge < -0.3 is 20.3 Å². The van der Waals surface area contributed by atoms with Crippen LogP contribution in [0.4, 0.5) is 18.9 Å². The molecule has 29 heavy (non-hydrogen) atoms. The van der Waals surface area contributed by atoms with Crippen molar-refractivity contribution in [1.29, 1.82) is 0 Å². The Morgan fingerprint density at radius 1 is 1.10 bits per heavy atom. The van der Waals surface area contributed by atoms with Gasteiger partial charge in [0.25, 0.3) is 0 Å². The SMILES string of the molecule is CCNC(=NCC(=O)Nc1ccc(F)c(F)c1F)N(C)Cc1ccc(OC)cc1. The Labute approximate surface area is 167 Å². The lowest BCUT2D eigenvalue weighted by molar-refractivity contribution is -0.114. The number of hydrogen-bond donors (Lipinski definition) is 2. The van der Waals surface area contributed by atoms with Gasteiger partial charge in [-0.1, -0.05) is 12.1 Å². The first-order chi connectivity index (χ1) is 13.8. The molecule has 9 heteroatoms. The van der Waals surface area contributed by atoms with Crippen LogP contribution in [0.1, 0.15) is 12.5 Å². The molecule has 0 atom stereocenters. The number of aliphatic imine (C=N–C) groups is 1. The average molecular weight is 408 g/mol. The van der Waals surface area contributed by atoms with Crippen molar-refractivity contribution in [2.24, 2.45) is 4.99 Å². The van der Waals surface area contributed by atoms with Crippen LogP contribution >= 0.6 is 0 Å². The van der Waals surface area contributed by atoms with E-state index in [0.717, 1.165) is 23.4 Å². The lowest BCUT2D eigenvalue weighted by atomic mass is 10.2. The number of ether oxygens (including phenoxy) is 1. The van der Waals surface area contributed by atoms with E-state index in [2.05, 4.69) is 15.6 Å². The molecule has 2 rings (SSSR count). The van der Waals surface area contributed by atoms with Gasteiger partial charge in [-0.05, 0) is 36.8 Å². The molecule has 1 amide bonds. The second-order valence-electron chi connectivity index (χ2n) is 6.15. The molecule has 0 fully saturated rings. The molecule has 0 aliphatic heterocycles. The van der Waals surface area contributed by atoms with E-state index >= 15 is 0 Å². The van der Waals surface area contributed by atoms with Gasteiger partial charge in [-0.3, -0.25) is 4.79 Å². The molecule has 2 aromatic rings. The Hall–Kier alpha value is -3.23. The molecule has 0 radical (unpaired) electrons. The van der Waals surface area contributed by atoms with E-state index in [1.54, 1.807) is 14.2 Å². The molecule has 156 valence electrons. The number of halogens is 3. The van der Waals surface area contributed by atoms with Crippen LogP contribution in [0.25, 0.3) is 0 Å². The minimum absolute atomic E-state index is 0.326. The molecule has 2 N–H and O–H groups in total. The predicted octanol–water partition coefficient (Wildman–Crippen LogP) is 3.15. The molecule has 6 nitrogen and oxygen atoms in total. The van der Waals surface area contributed by atoms with Gasteiger partial charge in [-0.15, -0.1) is 0 Å². The largest absolute Gasteiger partial charge is 0.497 e. The van der Waals surface area contributed by atoms with Crippen LogP contribution in [0, 0.1) is 17.5 Å². The zero-order valence-corrected chi connectivity index (χ0v) is 16.4. The van der Waals surface area contributed by atoms with Crippen LogP contribution in [-0.4, -0.2) is 44.0 Å². The number of benzene rings is 2. The summed E-state index contributed by atoms with van der Waals surface area (Å²) in [5, 5.41) is 5.25. The second kappa shape index (κ2) is 10.4. The number of methoxy groups -OCH3 is 1. The third-order valence-corrected chi connectivity index (χ3v) is 3.96. The lowest BCUT2D eigenvalue weighted by Gasteiger charge is -2.22. The topological polar surface area (TPSA) is 66.0 Å². The number of carbonyl (C=O) groups excluding carboxylic acids is 1. The van der Waals surface area contributed by atoms with Crippen molar-refractivity contribution in [3.8, 4) is 5.75 Å². The third-order valence-electron chi connectivity index (χ3n) is 3.96. The summed E-state index contributed by atoms with van der Waals surface area (Å²) in [5.74, 6) is -3.87. The van der Waals surface area contributed by atoms with Crippen molar-refractivity contribution >= 4 is 17.6 Å². The number of amides is 1. The van der Waals surface area contributed by atoms with E-state index in [-0.39, 0.29) is 6.54 Å². The second-order valence-corrected chi connectivity index (χ2v) is 6.15. The van der Waals surface area contributed by atoms with Crippen molar-refractivity contribution < 1.29 is 22.7 Å². The van der Waals surface area contributed by atoms with Crippen LogP contribution in [0.5, 0.6) is 5.75 Å². The number of guanidine groups is 1. The Bertz CT molecular complexity index is 873. The van der Waals surface area contributed by atoms with Crippen molar-refractivity contribution in [1.82, 2.24) is 10.2 Å². The van der Waals surface area contributed by atoms with E-state index in [9.17, 15) is 18.0 Å². The monoisotopic (exact) mass is 408 g/mol. The first kappa shape index (κ1) is 22.1. The number of nitrogens with zero attached hydrogens (tertiary/aromatic N) is 2. The number of anilines is 1. The van der Waals surface area contributed by atoms with Gasteiger partial charge in [0.15, 0.2) is 23.4 Å². The van der Waals surface area contributed by atoms with Gasteiger partial charge in [0.05, 0.1) is 12.8 Å². The van der Waals surface area contributed by atoms with E-state index in [1.807, 2.05) is 36.1 Å². The van der Waals surface area contributed by atoms with Crippen LogP contribution in [-0.2, 0) is 11.3 Å². The maximum atomic E-state index is 13.7. The number of hydrogen-bond acceptors (Lipinski definition) is 3. The number of rotatable bonds is 7. The van der Waals surface area contributed by atoms with Crippen LogP contribution in [0.2, 0.25) is 0 Å². The van der Waals surface area contributed by atoms with Gasteiger partial charge >= 0.3 is 0 Å². The summed E-state index contributed by atoms with van der Waals surface area (Å²) in [5.41, 5.74) is 0.563. The molecule has 0 aromatic heterocycles. The van der Waals surface area contributed by atoms with Gasteiger partial charge in [0, 0.05) is 20.1 Å². The Morgan fingerprint density at radius 2 is 1.79 bits per heavy atom. The van der Waals surface area contributed by atoms with Gasteiger partial charge in [0.2, 0.25) is 5.91 Å². The van der Waals surface area contributed by atoms with Crippen molar-refractivity contribution in [3.05, 3.63) is 59.4 Å². The maximum absolute atomic E-state index is 13.7. The first-order valence-electron chi connectivity index (χ1n) is 8.91. The normalized spacial score (nSPS) is 11.2. The molecule has 0 aliphatic rings.